The van der Waals surface area contributed by atoms with Crippen molar-refractivity contribution in [3.8, 4) is 0 Å². The molecule has 2 amide bonds. The van der Waals surface area contributed by atoms with E-state index in [0.717, 1.165) is 30.7 Å². The Balaban J connectivity index is 1.92. The Bertz CT molecular complexity index is 507. The first-order valence-electron chi connectivity index (χ1n) is 7.16. The van der Waals surface area contributed by atoms with E-state index in [4.69, 9.17) is 9.52 Å². The first-order valence-corrected chi connectivity index (χ1v) is 7.16. The molecule has 0 saturated carbocycles. The van der Waals surface area contributed by atoms with Crippen LogP contribution in [0.4, 0.5) is 4.79 Å². The molecule has 0 aliphatic carbocycles. The maximum Gasteiger partial charge on any atom is 0.318 e. The van der Waals surface area contributed by atoms with Gasteiger partial charge < -0.3 is 19.7 Å². The third-order valence-electron chi connectivity index (χ3n) is 3.76. The summed E-state index contributed by atoms with van der Waals surface area (Å²) < 4.78 is 5.40. The van der Waals surface area contributed by atoms with Crippen LogP contribution in [0.25, 0.3) is 0 Å². The number of carbonyl (C=O) groups excluding carboxylic acids is 1. The number of rotatable bonds is 4. The summed E-state index contributed by atoms with van der Waals surface area (Å²) in [6.45, 7) is 4.47. The molecule has 1 unspecified atom stereocenters. The minimum atomic E-state index is -0.876. The van der Waals surface area contributed by atoms with Crippen LogP contribution in [0.1, 0.15) is 43.0 Å². The minimum Gasteiger partial charge on any atom is -0.481 e. The average molecular weight is 295 g/mol. The zero-order valence-electron chi connectivity index (χ0n) is 12.4. The highest BCUT2D eigenvalue weighted by molar-refractivity contribution is 5.76. The third kappa shape index (κ3) is 3.96. The second-order valence-corrected chi connectivity index (χ2v) is 5.35. The number of carboxylic acids is 1. The summed E-state index contributed by atoms with van der Waals surface area (Å²) in [6, 6.07) is -0.487. The van der Waals surface area contributed by atoms with Gasteiger partial charge in [-0.15, -0.1) is 0 Å². The molecule has 1 aliphatic rings. The number of nitrogens with one attached hydrogen (secondary N) is 1. The molecule has 7 heteroatoms. The molecular weight excluding hydrogens is 274 g/mol. The summed E-state index contributed by atoms with van der Waals surface area (Å²) >= 11 is 0. The number of likely N-dealkylation sites (tertiary alicyclic amines) is 1. The number of nitrogens with zero attached hydrogens (tertiary/aromatic N) is 2. The standard InChI is InChI=1S/C14H21N3O4/c1-9-10(2)21-12(16-9)8-15-14(20)17-6-4-3-5-11(17)7-13(18)19/h11H,3-8H2,1-2H3,(H,15,20)(H,18,19). The summed E-state index contributed by atoms with van der Waals surface area (Å²) in [4.78, 5) is 28.9. The second kappa shape index (κ2) is 6.60. The number of carboxylic acid groups (broad SMARTS) is 1. The minimum absolute atomic E-state index is 0.00929. The van der Waals surface area contributed by atoms with Gasteiger partial charge in [-0.05, 0) is 33.1 Å². The normalized spacial score (nSPS) is 18.6. The van der Waals surface area contributed by atoms with Crippen LogP contribution >= 0.6 is 0 Å². The fourth-order valence-electron chi connectivity index (χ4n) is 2.55. The molecule has 0 aromatic carbocycles. The van der Waals surface area contributed by atoms with Crippen molar-refractivity contribution in [1.29, 1.82) is 0 Å². The van der Waals surface area contributed by atoms with E-state index in [1.165, 1.54) is 0 Å². The van der Waals surface area contributed by atoms with Crippen molar-refractivity contribution in [2.45, 2.75) is 52.1 Å². The number of oxazole rings is 1. The molecule has 1 saturated heterocycles. The van der Waals surface area contributed by atoms with Crippen LogP contribution in [0.2, 0.25) is 0 Å². The Morgan fingerprint density at radius 1 is 1.43 bits per heavy atom. The average Bonchev–Trinajstić information content (AvgIpc) is 2.75. The van der Waals surface area contributed by atoms with E-state index in [-0.39, 0.29) is 25.0 Å². The van der Waals surface area contributed by atoms with E-state index in [1.807, 2.05) is 13.8 Å². The molecule has 0 spiro atoms. The van der Waals surface area contributed by atoms with Gasteiger partial charge in [0.15, 0.2) is 0 Å². The predicted octanol–water partition coefficient (Wildman–Crippen LogP) is 1.83. The number of hydrogen-bond acceptors (Lipinski definition) is 4. The molecule has 2 N–H and O–H groups in total. The van der Waals surface area contributed by atoms with E-state index < -0.39 is 5.97 Å². The van der Waals surface area contributed by atoms with Gasteiger partial charge >= 0.3 is 12.0 Å². The van der Waals surface area contributed by atoms with Crippen LogP contribution in [-0.4, -0.2) is 39.6 Å². The molecule has 7 nitrogen and oxygen atoms in total. The van der Waals surface area contributed by atoms with Gasteiger partial charge in [-0.3, -0.25) is 4.79 Å². The number of hydrogen-bond donors (Lipinski definition) is 2. The van der Waals surface area contributed by atoms with Gasteiger partial charge in [-0.25, -0.2) is 9.78 Å². The Kier molecular flexibility index (Phi) is 4.82. The van der Waals surface area contributed by atoms with Gasteiger partial charge in [-0.2, -0.15) is 0 Å². The van der Waals surface area contributed by atoms with E-state index in [9.17, 15) is 9.59 Å². The lowest BCUT2D eigenvalue weighted by Gasteiger charge is -2.34. The molecule has 1 atom stereocenters. The SMILES string of the molecule is Cc1nc(CNC(=O)N2CCCCC2CC(=O)O)oc1C. The number of urea groups is 1. The second-order valence-electron chi connectivity index (χ2n) is 5.35. The van der Waals surface area contributed by atoms with Gasteiger partial charge in [0, 0.05) is 12.6 Å². The number of amides is 2. The van der Waals surface area contributed by atoms with Gasteiger partial charge in [0.25, 0.3) is 0 Å². The first kappa shape index (κ1) is 15.3. The van der Waals surface area contributed by atoms with E-state index >= 15 is 0 Å². The van der Waals surface area contributed by atoms with Crippen molar-refractivity contribution in [3.63, 3.8) is 0 Å². The molecule has 2 heterocycles. The lowest BCUT2D eigenvalue weighted by atomic mass is 10.00. The molecule has 1 aliphatic heterocycles. The molecule has 21 heavy (non-hydrogen) atoms. The highest BCUT2D eigenvalue weighted by Gasteiger charge is 2.28. The van der Waals surface area contributed by atoms with E-state index in [2.05, 4.69) is 10.3 Å². The molecule has 1 aromatic heterocycles. The third-order valence-corrected chi connectivity index (χ3v) is 3.76. The monoisotopic (exact) mass is 295 g/mol. The topological polar surface area (TPSA) is 95.7 Å². The Hall–Kier alpha value is -2.05. The summed E-state index contributed by atoms with van der Waals surface area (Å²) in [5.41, 5.74) is 0.806. The van der Waals surface area contributed by atoms with Crippen LogP contribution in [0, 0.1) is 13.8 Å². The van der Waals surface area contributed by atoms with Crippen LogP contribution in [0.15, 0.2) is 4.42 Å². The fraction of sp³-hybridized carbons (Fsp3) is 0.643. The van der Waals surface area contributed by atoms with Gasteiger partial charge in [0.2, 0.25) is 5.89 Å². The fourth-order valence-corrected chi connectivity index (χ4v) is 2.55. The van der Waals surface area contributed by atoms with Gasteiger partial charge in [0.05, 0.1) is 18.7 Å². The zero-order valence-corrected chi connectivity index (χ0v) is 12.4. The molecule has 0 radical (unpaired) electrons. The molecular formula is C14H21N3O4. The molecule has 1 fully saturated rings. The van der Waals surface area contributed by atoms with Crippen molar-refractivity contribution < 1.29 is 19.1 Å². The highest BCUT2D eigenvalue weighted by atomic mass is 16.4. The Morgan fingerprint density at radius 2 is 2.19 bits per heavy atom. The van der Waals surface area contributed by atoms with Crippen molar-refractivity contribution in [2.24, 2.45) is 0 Å². The van der Waals surface area contributed by atoms with Crippen LogP contribution in [0.3, 0.4) is 0 Å². The quantitative estimate of drug-likeness (QED) is 0.883. The predicted molar refractivity (Wildman–Crippen MR) is 74.8 cm³/mol. The van der Waals surface area contributed by atoms with Crippen molar-refractivity contribution >= 4 is 12.0 Å². The van der Waals surface area contributed by atoms with Crippen LogP contribution in [-0.2, 0) is 11.3 Å². The number of aromatic nitrogens is 1. The Morgan fingerprint density at radius 3 is 2.81 bits per heavy atom. The van der Waals surface area contributed by atoms with Crippen molar-refractivity contribution in [3.05, 3.63) is 17.3 Å². The molecule has 0 bridgehead atoms. The molecule has 1 aromatic rings. The van der Waals surface area contributed by atoms with Crippen molar-refractivity contribution in [2.75, 3.05) is 6.54 Å². The maximum absolute atomic E-state index is 12.2. The van der Waals surface area contributed by atoms with Crippen molar-refractivity contribution in [1.82, 2.24) is 15.2 Å². The summed E-state index contributed by atoms with van der Waals surface area (Å²) in [7, 11) is 0. The number of aryl methyl sites for hydroxylation is 2. The number of aliphatic carboxylic acids is 1. The summed E-state index contributed by atoms with van der Waals surface area (Å²) in [5.74, 6) is 0.324. The first-order chi connectivity index (χ1) is 9.97. The lowest BCUT2D eigenvalue weighted by Crippen LogP contribution is -2.49. The largest absolute Gasteiger partial charge is 0.481 e. The summed E-state index contributed by atoms with van der Waals surface area (Å²) in [5, 5.41) is 11.7. The zero-order chi connectivity index (χ0) is 15.4. The lowest BCUT2D eigenvalue weighted by molar-refractivity contribution is -0.138. The van der Waals surface area contributed by atoms with Crippen LogP contribution < -0.4 is 5.32 Å². The van der Waals surface area contributed by atoms with E-state index in [0.29, 0.717) is 12.4 Å². The molecule has 116 valence electrons. The highest BCUT2D eigenvalue weighted by Crippen LogP contribution is 2.20. The molecule has 2 rings (SSSR count). The number of piperidine rings is 1. The van der Waals surface area contributed by atoms with Gasteiger partial charge in [-0.1, -0.05) is 0 Å². The number of carbonyl (C=O) groups is 2. The van der Waals surface area contributed by atoms with E-state index in [1.54, 1.807) is 4.90 Å². The Labute approximate surface area is 123 Å². The maximum atomic E-state index is 12.2. The van der Waals surface area contributed by atoms with Gasteiger partial charge in [0.1, 0.15) is 5.76 Å². The smallest absolute Gasteiger partial charge is 0.318 e. The summed E-state index contributed by atoms with van der Waals surface area (Å²) in [6.07, 6.45) is 2.59. The van der Waals surface area contributed by atoms with Crippen LogP contribution in [0.5, 0.6) is 0 Å².